The molecular weight excluding hydrogens is 362 g/mol. The van der Waals surface area contributed by atoms with Crippen LogP contribution in [0.25, 0.3) is 0 Å². The van der Waals surface area contributed by atoms with Gasteiger partial charge in [0.15, 0.2) is 0 Å². The first-order valence-corrected chi connectivity index (χ1v) is 9.63. The Labute approximate surface area is 164 Å². The van der Waals surface area contributed by atoms with Crippen molar-refractivity contribution in [3.05, 3.63) is 54.1 Å². The molecule has 1 N–H and O–H groups in total. The van der Waals surface area contributed by atoms with E-state index in [9.17, 15) is 13.6 Å². The average molecular weight is 388 g/mol. The van der Waals surface area contributed by atoms with Crippen molar-refractivity contribution in [1.82, 2.24) is 4.90 Å². The second-order valence-corrected chi connectivity index (χ2v) is 6.69. The molecule has 0 atom stereocenters. The van der Waals surface area contributed by atoms with Crippen LogP contribution in [0.15, 0.2) is 42.5 Å². The number of benzene rings is 2. The summed E-state index contributed by atoms with van der Waals surface area (Å²) in [6.45, 7) is 7.62. The summed E-state index contributed by atoms with van der Waals surface area (Å²) in [5.41, 5.74) is 1.82. The number of hydrogen-bond donors (Lipinski definition) is 1. The molecule has 2 aromatic carbocycles. The molecule has 0 aromatic heterocycles. The lowest BCUT2D eigenvalue weighted by Gasteiger charge is -2.36. The summed E-state index contributed by atoms with van der Waals surface area (Å²) in [4.78, 5) is 18.0. The second kappa shape index (κ2) is 8.91. The molecule has 0 spiro atoms. The van der Waals surface area contributed by atoms with Crippen LogP contribution in [0.1, 0.15) is 13.8 Å². The number of rotatable bonds is 5. The van der Waals surface area contributed by atoms with Gasteiger partial charge in [0, 0.05) is 50.6 Å². The number of anilines is 3. The van der Waals surface area contributed by atoms with Gasteiger partial charge in [0.2, 0.25) is 0 Å². The third-order valence-electron chi connectivity index (χ3n) is 5.07. The van der Waals surface area contributed by atoms with Crippen molar-refractivity contribution in [1.29, 1.82) is 0 Å². The van der Waals surface area contributed by atoms with Gasteiger partial charge in [-0.15, -0.1) is 0 Å². The number of para-hydroxylation sites is 1. The zero-order valence-electron chi connectivity index (χ0n) is 16.3. The molecule has 7 heteroatoms. The Morgan fingerprint density at radius 2 is 1.54 bits per heavy atom. The molecule has 0 aliphatic carbocycles. The first kappa shape index (κ1) is 19.9. The molecule has 0 unspecified atom stereocenters. The Kier molecular flexibility index (Phi) is 6.34. The molecule has 150 valence electrons. The Hall–Kier alpha value is -2.83. The fourth-order valence-electron chi connectivity index (χ4n) is 3.47. The fraction of sp³-hybridized carbons (Fsp3) is 0.381. The highest BCUT2D eigenvalue weighted by molar-refractivity contribution is 5.89. The number of piperazine rings is 1. The highest BCUT2D eigenvalue weighted by Gasteiger charge is 2.24. The van der Waals surface area contributed by atoms with Crippen LogP contribution in [-0.2, 0) is 0 Å². The molecule has 2 aromatic rings. The minimum Gasteiger partial charge on any atom is -0.372 e. The number of amides is 2. The molecule has 2 amide bonds. The van der Waals surface area contributed by atoms with Crippen LogP contribution >= 0.6 is 0 Å². The maximum Gasteiger partial charge on any atom is 0.321 e. The van der Waals surface area contributed by atoms with E-state index in [0.717, 1.165) is 24.5 Å². The summed E-state index contributed by atoms with van der Waals surface area (Å²) >= 11 is 0. The molecule has 28 heavy (non-hydrogen) atoms. The normalized spacial score (nSPS) is 14.1. The molecule has 1 aliphatic heterocycles. The Balaban J connectivity index is 1.57. The lowest BCUT2D eigenvalue weighted by molar-refractivity contribution is 0.208. The fourth-order valence-corrected chi connectivity index (χ4v) is 3.47. The Morgan fingerprint density at radius 3 is 2.07 bits per heavy atom. The maximum absolute atomic E-state index is 13.9. The van der Waals surface area contributed by atoms with Crippen LogP contribution in [0.5, 0.6) is 0 Å². The molecule has 1 heterocycles. The first-order chi connectivity index (χ1) is 13.5. The van der Waals surface area contributed by atoms with Gasteiger partial charge < -0.3 is 20.0 Å². The number of carbonyl (C=O) groups excluding carboxylic acids is 1. The number of nitrogens with one attached hydrogen (secondary N) is 1. The third-order valence-corrected chi connectivity index (χ3v) is 5.07. The van der Waals surface area contributed by atoms with Crippen molar-refractivity contribution in [3.8, 4) is 0 Å². The van der Waals surface area contributed by atoms with Crippen LogP contribution in [-0.4, -0.2) is 50.2 Å². The van der Waals surface area contributed by atoms with Gasteiger partial charge >= 0.3 is 6.03 Å². The van der Waals surface area contributed by atoms with Gasteiger partial charge in [0.05, 0.1) is 0 Å². The van der Waals surface area contributed by atoms with Gasteiger partial charge in [-0.05, 0) is 50.2 Å². The van der Waals surface area contributed by atoms with Gasteiger partial charge in [0.1, 0.15) is 17.3 Å². The average Bonchev–Trinajstić information content (AvgIpc) is 2.70. The molecule has 0 bridgehead atoms. The smallest absolute Gasteiger partial charge is 0.321 e. The Morgan fingerprint density at radius 1 is 0.964 bits per heavy atom. The van der Waals surface area contributed by atoms with Crippen molar-refractivity contribution < 1.29 is 13.6 Å². The summed E-state index contributed by atoms with van der Waals surface area (Å²) in [6.07, 6.45) is 0. The number of carbonyl (C=O) groups is 1. The van der Waals surface area contributed by atoms with E-state index in [1.165, 1.54) is 18.2 Å². The van der Waals surface area contributed by atoms with Gasteiger partial charge in [-0.3, -0.25) is 0 Å². The summed E-state index contributed by atoms with van der Waals surface area (Å²) in [5, 5.41) is 2.89. The standard InChI is InChI=1S/C21H26F2N4O/c1-3-25(4-2)17-10-8-16(9-11-17)24-21(28)27-14-12-26(13-15-27)20-18(22)6-5-7-19(20)23/h5-11H,3-4,12-15H2,1-2H3,(H,24,28). The molecular formula is C21H26F2N4O. The lowest BCUT2D eigenvalue weighted by Crippen LogP contribution is -2.50. The predicted molar refractivity (Wildman–Crippen MR) is 109 cm³/mol. The minimum atomic E-state index is -0.578. The number of hydrogen-bond acceptors (Lipinski definition) is 3. The molecule has 1 saturated heterocycles. The topological polar surface area (TPSA) is 38.8 Å². The second-order valence-electron chi connectivity index (χ2n) is 6.69. The van der Waals surface area contributed by atoms with Crippen LogP contribution in [0.3, 0.4) is 0 Å². The molecule has 3 rings (SSSR count). The highest BCUT2D eigenvalue weighted by atomic mass is 19.1. The van der Waals surface area contributed by atoms with Crippen molar-refractivity contribution in [2.75, 3.05) is 54.4 Å². The molecule has 5 nitrogen and oxygen atoms in total. The maximum atomic E-state index is 13.9. The van der Waals surface area contributed by atoms with Crippen molar-refractivity contribution >= 4 is 23.1 Å². The van der Waals surface area contributed by atoms with E-state index in [0.29, 0.717) is 26.2 Å². The SMILES string of the molecule is CCN(CC)c1ccc(NC(=O)N2CCN(c3c(F)cccc3F)CC2)cc1. The van der Waals surface area contributed by atoms with Gasteiger partial charge in [-0.1, -0.05) is 6.07 Å². The quantitative estimate of drug-likeness (QED) is 0.836. The summed E-state index contributed by atoms with van der Waals surface area (Å²) in [5.74, 6) is -1.16. The van der Waals surface area contributed by atoms with E-state index in [1.54, 1.807) is 9.80 Å². The monoisotopic (exact) mass is 388 g/mol. The van der Waals surface area contributed by atoms with Crippen LogP contribution in [0.2, 0.25) is 0 Å². The van der Waals surface area contributed by atoms with Crippen molar-refractivity contribution in [2.24, 2.45) is 0 Å². The number of nitrogens with zero attached hydrogens (tertiary/aromatic N) is 3. The summed E-state index contributed by atoms with van der Waals surface area (Å²) < 4.78 is 27.9. The van der Waals surface area contributed by atoms with E-state index >= 15 is 0 Å². The summed E-state index contributed by atoms with van der Waals surface area (Å²) in [6, 6.07) is 11.4. The van der Waals surface area contributed by atoms with E-state index < -0.39 is 11.6 Å². The van der Waals surface area contributed by atoms with Gasteiger partial charge in [-0.2, -0.15) is 0 Å². The largest absolute Gasteiger partial charge is 0.372 e. The predicted octanol–water partition coefficient (Wildman–Crippen LogP) is 4.17. The van der Waals surface area contributed by atoms with E-state index in [4.69, 9.17) is 0 Å². The molecule has 1 aliphatic rings. The van der Waals surface area contributed by atoms with Crippen LogP contribution in [0.4, 0.5) is 30.6 Å². The zero-order valence-corrected chi connectivity index (χ0v) is 16.3. The Bertz CT molecular complexity index is 780. The number of urea groups is 1. The molecule has 1 fully saturated rings. The van der Waals surface area contributed by atoms with Gasteiger partial charge in [-0.25, -0.2) is 13.6 Å². The minimum absolute atomic E-state index is 0.0189. The number of halogens is 2. The van der Waals surface area contributed by atoms with Crippen molar-refractivity contribution in [3.63, 3.8) is 0 Å². The van der Waals surface area contributed by atoms with Gasteiger partial charge in [0.25, 0.3) is 0 Å². The van der Waals surface area contributed by atoms with E-state index in [-0.39, 0.29) is 11.7 Å². The van der Waals surface area contributed by atoms with E-state index in [1.807, 2.05) is 24.3 Å². The first-order valence-electron chi connectivity index (χ1n) is 9.63. The lowest BCUT2D eigenvalue weighted by atomic mass is 10.2. The summed E-state index contributed by atoms with van der Waals surface area (Å²) in [7, 11) is 0. The molecule has 0 saturated carbocycles. The third kappa shape index (κ3) is 4.35. The zero-order chi connectivity index (χ0) is 20.1. The highest BCUT2D eigenvalue weighted by Crippen LogP contribution is 2.24. The van der Waals surface area contributed by atoms with Crippen molar-refractivity contribution in [2.45, 2.75) is 13.8 Å². The van der Waals surface area contributed by atoms with E-state index in [2.05, 4.69) is 24.1 Å². The molecule has 0 radical (unpaired) electrons. The van der Waals surface area contributed by atoms with Crippen LogP contribution < -0.4 is 15.1 Å². The van der Waals surface area contributed by atoms with Crippen LogP contribution in [0, 0.1) is 11.6 Å².